The topological polar surface area (TPSA) is 59.1 Å². The second kappa shape index (κ2) is 10.8. The number of benzene rings is 1. The second-order valence-corrected chi connectivity index (χ2v) is 10.5. The summed E-state index contributed by atoms with van der Waals surface area (Å²) in [4.78, 5) is 30.6. The van der Waals surface area contributed by atoms with Crippen LogP contribution in [-0.4, -0.2) is 54.7 Å². The largest absolute Gasteiger partial charge is 0.474 e. The number of ether oxygens (including phenoxy) is 2. The molecule has 1 saturated carbocycles. The molecular formula is C25H36Cl2N2O4. The normalized spacial score (nSPS) is 18.3. The van der Waals surface area contributed by atoms with Crippen molar-refractivity contribution in [1.29, 1.82) is 0 Å². The number of methoxy groups -OCH3 is 1. The lowest BCUT2D eigenvalue weighted by Crippen LogP contribution is -2.53. The predicted octanol–water partition coefficient (Wildman–Crippen LogP) is 6.11. The minimum Gasteiger partial charge on any atom is -0.474 e. The van der Waals surface area contributed by atoms with E-state index in [2.05, 4.69) is 0 Å². The van der Waals surface area contributed by atoms with Crippen molar-refractivity contribution < 1.29 is 19.1 Å². The maximum atomic E-state index is 13.8. The molecule has 2 aliphatic rings. The van der Waals surface area contributed by atoms with Gasteiger partial charge in [0.15, 0.2) is 11.4 Å². The molecule has 0 saturated heterocycles. The van der Waals surface area contributed by atoms with Gasteiger partial charge in [0.25, 0.3) is 11.8 Å². The molecule has 184 valence electrons. The number of carbonyl (C=O) groups excluding carboxylic acids is 2. The summed E-state index contributed by atoms with van der Waals surface area (Å²) in [5, 5.41) is 0.346. The van der Waals surface area contributed by atoms with Gasteiger partial charge in [-0.15, -0.1) is 0 Å². The lowest BCUT2D eigenvalue weighted by Gasteiger charge is -2.40. The number of unbranched alkanes of at least 4 members (excludes halogenated alkanes) is 1. The van der Waals surface area contributed by atoms with Crippen molar-refractivity contribution in [3.63, 3.8) is 0 Å². The zero-order valence-corrected chi connectivity index (χ0v) is 21.9. The molecule has 1 aliphatic carbocycles. The number of fused-ring (bicyclic) bond motifs is 1. The molecule has 6 nitrogen and oxygen atoms in total. The number of anilines is 1. The second-order valence-electron chi connectivity index (χ2n) is 9.77. The van der Waals surface area contributed by atoms with E-state index in [0.29, 0.717) is 30.2 Å². The summed E-state index contributed by atoms with van der Waals surface area (Å²) in [5.74, 6) is 0.0312. The van der Waals surface area contributed by atoms with Crippen LogP contribution < -0.4 is 9.64 Å². The van der Waals surface area contributed by atoms with Gasteiger partial charge in [-0.05, 0) is 59.4 Å². The van der Waals surface area contributed by atoms with Crippen LogP contribution in [0.25, 0.3) is 0 Å². The van der Waals surface area contributed by atoms with Crippen LogP contribution in [0.2, 0.25) is 10.0 Å². The third-order valence-electron chi connectivity index (χ3n) is 6.52. The number of amides is 2. The lowest BCUT2D eigenvalue weighted by molar-refractivity contribution is -0.132. The van der Waals surface area contributed by atoms with E-state index in [1.165, 1.54) is 6.42 Å². The van der Waals surface area contributed by atoms with Crippen molar-refractivity contribution >= 4 is 40.7 Å². The Morgan fingerprint density at radius 3 is 2.48 bits per heavy atom. The minimum absolute atomic E-state index is 0.0217. The predicted molar refractivity (Wildman–Crippen MR) is 133 cm³/mol. The van der Waals surface area contributed by atoms with E-state index in [1.54, 1.807) is 31.9 Å². The van der Waals surface area contributed by atoms with Crippen LogP contribution in [0, 0.1) is 0 Å². The highest BCUT2D eigenvalue weighted by molar-refractivity contribution is 6.45. The van der Waals surface area contributed by atoms with E-state index >= 15 is 0 Å². The van der Waals surface area contributed by atoms with Crippen LogP contribution in [-0.2, 0) is 9.53 Å². The smallest absolute Gasteiger partial charge is 0.270 e. The highest BCUT2D eigenvalue weighted by atomic mass is 35.5. The Morgan fingerprint density at radius 1 is 1.21 bits per heavy atom. The maximum Gasteiger partial charge on any atom is 0.270 e. The number of hydrogen-bond acceptors (Lipinski definition) is 4. The van der Waals surface area contributed by atoms with Gasteiger partial charge in [0.05, 0.1) is 16.3 Å². The number of rotatable bonds is 8. The van der Waals surface area contributed by atoms with Crippen LogP contribution >= 0.6 is 23.2 Å². The molecule has 8 heteroatoms. The summed E-state index contributed by atoms with van der Waals surface area (Å²) in [6.07, 6.45) is 6.98. The molecule has 0 atom stereocenters. The van der Waals surface area contributed by atoms with Gasteiger partial charge in [0, 0.05) is 32.3 Å². The van der Waals surface area contributed by atoms with Gasteiger partial charge < -0.3 is 19.3 Å². The molecule has 0 radical (unpaired) electrons. The maximum absolute atomic E-state index is 13.8. The van der Waals surface area contributed by atoms with Crippen LogP contribution in [0.5, 0.6) is 5.75 Å². The number of halogens is 2. The molecule has 0 bridgehead atoms. The van der Waals surface area contributed by atoms with Gasteiger partial charge in [0.1, 0.15) is 5.02 Å². The third-order valence-corrected chi connectivity index (χ3v) is 7.37. The van der Waals surface area contributed by atoms with Crippen LogP contribution in [0.3, 0.4) is 0 Å². The number of nitrogens with zero attached hydrogens (tertiary/aromatic N) is 2. The zero-order valence-electron chi connectivity index (χ0n) is 20.4. The fourth-order valence-corrected chi connectivity index (χ4v) is 5.30. The Labute approximate surface area is 207 Å². The van der Waals surface area contributed by atoms with Gasteiger partial charge in [0.2, 0.25) is 0 Å². The average molecular weight is 499 g/mol. The first-order valence-electron chi connectivity index (χ1n) is 11.9. The number of carbonyl (C=O) groups is 2. The van der Waals surface area contributed by atoms with Crippen molar-refractivity contribution in [3.8, 4) is 5.75 Å². The third kappa shape index (κ3) is 5.44. The van der Waals surface area contributed by atoms with Crippen LogP contribution in [0.4, 0.5) is 5.69 Å². The van der Waals surface area contributed by atoms with Gasteiger partial charge in [-0.2, -0.15) is 0 Å². The molecule has 2 amide bonds. The summed E-state index contributed by atoms with van der Waals surface area (Å²) in [5.41, 5.74) is -0.265. The monoisotopic (exact) mass is 498 g/mol. The molecule has 1 fully saturated rings. The first-order valence-corrected chi connectivity index (χ1v) is 12.7. The highest BCUT2D eigenvalue weighted by Gasteiger charge is 2.43. The van der Waals surface area contributed by atoms with Gasteiger partial charge >= 0.3 is 0 Å². The molecule has 33 heavy (non-hydrogen) atoms. The quantitative estimate of drug-likeness (QED) is 0.405. The van der Waals surface area contributed by atoms with Gasteiger partial charge in [-0.1, -0.05) is 42.5 Å². The van der Waals surface area contributed by atoms with E-state index in [-0.39, 0.29) is 33.9 Å². The van der Waals surface area contributed by atoms with E-state index in [4.69, 9.17) is 32.7 Å². The fourth-order valence-electron chi connectivity index (χ4n) is 4.84. The van der Waals surface area contributed by atoms with Crippen molar-refractivity contribution in [2.24, 2.45) is 0 Å². The van der Waals surface area contributed by atoms with Crippen molar-refractivity contribution in [2.45, 2.75) is 90.3 Å². The zero-order chi connectivity index (χ0) is 24.3. The van der Waals surface area contributed by atoms with Crippen LogP contribution in [0.15, 0.2) is 6.07 Å². The molecular weight excluding hydrogens is 463 g/mol. The van der Waals surface area contributed by atoms with Crippen molar-refractivity contribution in [1.82, 2.24) is 4.90 Å². The average Bonchev–Trinajstić information content (AvgIpc) is 2.77. The van der Waals surface area contributed by atoms with Crippen molar-refractivity contribution in [3.05, 3.63) is 21.7 Å². The van der Waals surface area contributed by atoms with Gasteiger partial charge in [-0.25, -0.2) is 0 Å². The van der Waals surface area contributed by atoms with E-state index in [0.717, 1.165) is 38.5 Å². The Morgan fingerprint density at radius 2 is 1.88 bits per heavy atom. The SMILES string of the molecule is COCCCCN1C(=O)C(C)(C)Oc2c1cc(C(=O)N(C(C)C)C1CCCCC1)c(Cl)c2Cl. The molecule has 0 aromatic heterocycles. The summed E-state index contributed by atoms with van der Waals surface area (Å²) < 4.78 is 11.1. The standard InChI is InChI=1S/C25H36Cl2N2O4/c1-16(2)29(17-11-7-6-8-12-17)23(30)18-15-19-22(21(27)20(18)26)33-25(3,4)24(31)28(19)13-9-10-14-32-5/h15-17H,6-14H2,1-5H3. The Bertz CT molecular complexity index is 882. The fraction of sp³-hybridized carbons (Fsp3) is 0.680. The highest BCUT2D eigenvalue weighted by Crippen LogP contribution is 2.48. The van der Waals surface area contributed by atoms with E-state index < -0.39 is 5.60 Å². The Balaban J connectivity index is 2.03. The Hall–Kier alpha value is -1.50. The number of hydrogen-bond donors (Lipinski definition) is 0. The van der Waals surface area contributed by atoms with E-state index in [1.807, 2.05) is 18.7 Å². The summed E-state index contributed by atoms with van der Waals surface area (Å²) in [6.45, 7) is 8.57. The van der Waals surface area contributed by atoms with Gasteiger partial charge in [-0.3, -0.25) is 9.59 Å². The summed E-state index contributed by atoms with van der Waals surface area (Å²) in [6, 6.07) is 1.89. The molecule has 0 N–H and O–H groups in total. The van der Waals surface area contributed by atoms with Crippen LogP contribution in [0.1, 0.15) is 83.0 Å². The minimum atomic E-state index is -1.08. The van der Waals surface area contributed by atoms with E-state index in [9.17, 15) is 9.59 Å². The summed E-state index contributed by atoms with van der Waals surface area (Å²) >= 11 is 13.3. The molecule has 1 heterocycles. The molecule has 3 rings (SSSR count). The molecule has 0 unspecified atom stereocenters. The first-order chi connectivity index (χ1) is 15.6. The molecule has 1 aliphatic heterocycles. The first kappa shape index (κ1) is 26.1. The lowest BCUT2D eigenvalue weighted by atomic mass is 9.92. The molecule has 1 aromatic rings. The molecule has 1 aromatic carbocycles. The van der Waals surface area contributed by atoms with Crippen molar-refractivity contribution in [2.75, 3.05) is 25.2 Å². The summed E-state index contributed by atoms with van der Waals surface area (Å²) in [7, 11) is 1.66. The Kier molecular flexibility index (Phi) is 8.57. The molecule has 0 spiro atoms.